The number of carbonyl (C=O) groups is 2. The monoisotopic (exact) mass is 1170 g/mol. The molecule has 0 aliphatic heterocycles. The van der Waals surface area contributed by atoms with Crippen molar-refractivity contribution in [3.8, 4) is 0 Å². The number of esters is 1. The Bertz CT molecular complexity index is 1680. The van der Waals surface area contributed by atoms with Crippen LogP contribution in [-0.2, 0) is 27.9 Å². The van der Waals surface area contributed by atoms with Crippen molar-refractivity contribution in [2.75, 3.05) is 40.9 Å². The summed E-state index contributed by atoms with van der Waals surface area (Å²) in [4.78, 5) is 40.1. The number of rotatable bonds is 62. The lowest BCUT2D eigenvalue weighted by molar-refractivity contribution is -0.870. The third-order valence-electron chi connectivity index (χ3n) is 15.1. The Labute approximate surface area is 507 Å². The van der Waals surface area contributed by atoms with E-state index in [0.29, 0.717) is 17.4 Å². The second kappa shape index (κ2) is 61.3. The Morgan fingerprint density at radius 1 is 0.439 bits per heavy atom. The molecule has 476 valence electrons. The van der Waals surface area contributed by atoms with E-state index in [1.165, 1.54) is 167 Å². The van der Waals surface area contributed by atoms with Crippen LogP contribution >= 0.6 is 7.82 Å². The summed E-state index contributed by atoms with van der Waals surface area (Å²) in [5.74, 6) is -0.542. The predicted molar refractivity (Wildman–Crippen MR) is 353 cm³/mol. The highest BCUT2D eigenvalue weighted by molar-refractivity contribution is 7.45. The Hall–Kier alpha value is -2.81. The van der Waals surface area contributed by atoms with E-state index in [2.05, 4.69) is 99.0 Å². The van der Waals surface area contributed by atoms with Crippen molar-refractivity contribution in [3.63, 3.8) is 0 Å². The van der Waals surface area contributed by atoms with Crippen LogP contribution in [0.3, 0.4) is 0 Å². The fraction of sp³-hybridized carbons (Fsp3) is 0.778. The summed E-state index contributed by atoms with van der Waals surface area (Å²) in [5, 5.41) is 3.04. The van der Waals surface area contributed by atoms with Gasteiger partial charge in [0.25, 0.3) is 7.82 Å². The van der Waals surface area contributed by atoms with Crippen molar-refractivity contribution in [2.45, 2.75) is 322 Å². The van der Waals surface area contributed by atoms with Crippen LogP contribution in [0.1, 0.15) is 310 Å². The number of nitrogens with zero attached hydrogens (tertiary/aromatic N) is 1. The number of carbonyl (C=O) groups excluding carboxylic acids is 2. The Morgan fingerprint density at radius 3 is 1.17 bits per heavy atom. The van der Waals surface area contributed by atoms with E-state index >= 15 is 0 Å². The average Bonchev–Trinajstić information content (AvgIpc) is 3.45. The number of amides is 1. The van der Waals surface area contributed by atoms with Crippen LogP contribution in [0.25, 0.3) is 0 Å². The first-order valence-electron chi connectivity index (χ1n) is 34.4. The number of hydrogen-bond donors (Lipinski definition) is 1. The van der Waals surface area contributed by atoms with Gasteiger partial charge in [-0.3, -0.25) is 14.2 Å². The van der Waals surface area contributed by atoms with Crippen molar-refractivity contribution >= 4 is 19.7 Å². The minimum Gasteiger partial charge on any atom is -0.756 e. The van der Waals surface area contributed by atoms with E-state index < -0.39 is 26.6 Å². The fourth-order valence-electron chi connectivity index (χ4n) is 9.82. The molecular weight excluding hydrogens is 1040 g/mol. The highest BCUT2D eigenvalue weighted by atomic mass is 31.2. The van der Waals surface area contributed by atoms with Crippen molar-refractivity contribution < 1.29 is 37.3 Å². The first-order chi connectivity index (χ1) is 39.9. The zero-order valence-corrected chi connectivity index (χ0v) is 55.3. The lowest BCUT2D eigenvalue weighted by Gasteiger charge is -2.30. The van der Waals surface area contributed by atoms with E-state index in [4.69, 9.17) is 13.8 Å². The maximum atomic E-state index is 13.6. The Morgan fingerprint density at radius 2 is 0.780 bits per heavy atom. The van der Waals surface area contributed by atoms with Crippen molar-refractivity contribution in [3.05, 3.63) is 85.1 Å². The predicted octanol–water partition coefficient (Wildman–Crippen LogP) is 21.1. The molecule has 1 amide bonds. The molecule has 0 saturated heterocycles. The van der Waals surface area contributed by atoms with Gasteiger partial charge in [-0.15, -0.1) is 0 Å². The van der Waals surface area contributed by atoms with Crippen LogP contribution in [0.4, 0.5) is 0 Å². The molecule has 3 atom stereocenters. The fourth-order valence-corrected chi connectivity index (χ4v) is 10.5. The highest BCUT2D eigenvalue weighted by Crippen LogP contribution is 2.38. The van der Waals surface area contributed by atoms with E-state index in [-0.39, 0.29) is 24.9 Å². The first-order valence-corrected chi connectivity index (χ1v) is 35.9. The van der Waals surface area contributed by atoms with Gasteiger partial charge in [-0.05, 0) is 83.1 Å². The number of phosphoric ester groups is 1. The van der Waals surface area contributed by atoms with Gasteiger partial charge < -0.3 is 28.5 Å². The molecule has 0 aliphatic rings. The van der Waals surface area contributed by atoms with Gasteiger partial charge in [0.2, 0.25) is 5.91 Å². The average molecular weight is 1170 g/mol. The van der Waals surface area contributed by atoms with Gasteiger partial charge in [0.05, 0.1) is 33.8 Å². The van der Waals surface area contributed by atoms with Gasteiger partial charge in [-0.25, -0.2) is 0 Å². The standard InChI is InChI=1S/C72H131N2O7P/c1-7-10-13-16-19-22-25-28-30-32-33-34-35-36-37-38-39-40-41-42-44-47-50-53-56-59-62-65-72(76)81-70(63-60-57-54-51-48-45-27-24-21-18-15-12-9-3)69(68-80-82(77,78)79-67-66-74(4,5)6)73-71(75)64-61-58-55-52-49-46-43-31-29-26-23-20-17-14-11-8-2/h10,13,19,22,28,30,33-34,36-37,39-40,60,63,69-70H,7-9,11-12,14-18,20-21,23-27,29,31-32,35,38,41-59,61-62,64-68H2,1-6H3,(H-,73,75,77,78)/b13-10-,22-19-,30-28-,34-33-,37-36-,40-39-,63-60-. The van der Waals surface area contributed by atoms with Gasteiger partial charge >= 0.3 is 5.97 Å². The van der Waals surface area contributed by atoms with Gasteiger partial charge in [0.1, 0.15) is 19.3 Å². The molecule has 0 saturated carbocycles. The molecule has 0 spiro atoms. The molecule has 1 N–H and O–H groups in total. The first kappa shape index (κ1) is 79.2. The second-order valence-electron chi connectivity index (χ2n) is 24.3. The van der Waals surface area contributed by atoms with Crippen LogP contribution in [0.15, 0.2) is 85.1 Å². The normalized spacial score (nSPS) is 14.1. The van der Waals surface area contributed by atoms with Crippen LogP contribution in [-0.4, -0.2) is 69.4 Å². The van der Waals surface area contributed by atoms with Crippen LogP contribution in [0.5, 0.6) is 0 Å². The van der Waals surface area contributed by atoms with Gasteiger partial charge in [0.15, 0.2) is 0 Å². The number of unbranched alkanes of at least 4 members (excludes halogenated alkanes) is 34. The summed E-state index contributed by atoms with van der Waals surface area (Å²) in [7, 11) is 1.18. The van der Waals surface area contributed by atoms with Crippen molar-refractivity contribution in [1.29, 1.82) is 0 Å². The molecule has 0 bridgehead atoms. The van der Waals surface area contributed by atoms with Crippen LogP contribution < -0.4 is 10.2 Å². The lowest BCUT2D eigenvalue weighted by Crippen LogP contribution is -2.47. The second-order valence-corrected chi connectivity index (χ2v) is 25.7. The van der Waals surface area contributed by atoms with Gasteiger partial charge in [0, 0.05) is 12.8 Å². The number of hydrogen-bond acceptors (Lipinski definition) is 7. The molecule has 0 aromatic heterocycles. The summed E-state index contributed by atoms with van der Waals surface area (Å²) in [6.45, 7) is 6.75. The number of allylic oxidation sites excluding steroid dienone is 13. The molecule has 3 unspecified atom stereocenters. The number of likely N-dealkylation sites (N-methyl/N-ethyl adjacent to an activating group) is 1. The topological polar surface area (TPSA) is 114 Å². The zero-order chi connectivity index (χ0) is 60.0. The Balaban J connectivity index is 5.13. The van der Waals surface area contributed by atoms with Crippen LogP contribution in [0, 0.1) is 0 Å². The molecule has 0 aliphatic carbocycles. The quantitative estimate of drug-likeness (QED) is 0.0212. The molecular formula is C72H131N2O7P. The van der Waals surface area contributed by atoms with E-state index in [9.17, 15) is 19.0 Å². The molecule has 10 heteroatoms. The molecule has 0 aromatic carbocycles. The van der Waals surface area contributed by atoms with E-state index in [1.54, 1.807) is 0 Å². The number of nitrogens with one attached hydrogen (secondary N) is 1. The smallest absolute Gasteiger partial charge is 0.306 e. The Kier molecular flexibility index (Phi) is 59.2. The summed E-state index contributed by atoms with van der Waals surface area (Å²) in [6, 6.07) is -0.894. The highest BCUT2D eigenvalue weighted by Gasteiger charge is 2.27. The van der Waals surface area contributed by atoms with Gasteiger partial charge in [-0.1, -0.05) is 299 Å². The molecule has 0 heterocycles. The van der Waals surface area contributed by atoms with Gasteiger partial charge in [-0.2, -0.15) is 0 Å². The maximum absolute atomic E-state index is 13.6. The minimum atomic E-state index is -4.71. The molecule has 9 nitrogen and oxygen atoms in total. The van der Waals surface area contributed by atoms with Crippen molar-refractivity contribution in [2.24, 2.45) is 0 Å². The summed E-state index contributed by atoms with van der Waals surface area (Å²) in [6.07, 6.45) is 81.2. The minimum absolute atomic E-state index is 0.0249. The lowest BCUT2D eigenvalue weighted by atomic mass is 10.0. The summed E-state index contributed by atoms with van der Waals surface area (Å²) < 4.78 is 30.4. The SMILES string of the molecule is CC/C=C\C/C=C\C/C=C\C/C=C\C/C=C\C/C=C\CCCCCCCCCCC(=O)OC(/C=C\CCCCCCCCCCCCC)C(COP(=O)([O-])OCC[N+](C)(C)C)NC(=O)CCCCCCCCCCCCCCCCCC. The largest absolute Gasteiger partial charge is 0.756 e. The summed E-state index contributed by atoms with van der Waals surface area (Å²) in [5.41, 5.74) is 0. The summed E-state index contributed by atoms with van der Waals surface area (Å²) >= 11 is 0. The maximum Gasteiger partial charge on any atom is 0.306 e. The third-order valence-corrected chi connectivity index (χ3v) is 16.1. The number of phosphoric acid groups is 1. The zero-order valence-electron chi connectivity index (χ0n) is 54.4. The van der Waals surface area contributed by atoms with Crippen molar-refractivity contribution in [1.82, 2.24) is 5.32 Å². The molecule has 0 radical (unpaired) electrons. The third kappa shape index (κ3) is 61.7. The van der Waals surface area contributed by atoms with E-state index in [1.807, 2.05) is 33.3 Å². The van der Waals surface area contributed by atoms with Crippen LogP contribution in [0.2, 0.25) is 0 Å². The number of quaternary nitrogens is 1. The van der Waals surface area contributed by atoms with E-state index in [0.717, 1.165) is 109 Å². The molecule has 0 aromatic rings. The number of ether oxygens (including phenoxy) is 1. The molecule has 82 heavy (non-hydrogen) atoms. The molecule has 0 fully saturated rings. The molecule has 0 rings (SSSR count).